The molecule has 0 bridgehead atoms. The van der Waals surface area contributed by atoms with Crippen molar-refractivity contribution in [3.05, 3.63) is 49.9 Å². The molecule has 0 saturated heterocycles. The third-order valence-corrected chi connectivity index (χ3v) is 5.74. The average Bonchev–Trinajstić information content (AvgIpc) is 2.65. The lowest BCUT2D eigenvalue weighted by Gasteiger charge is -2.27. The van der Waals surface area contributed by atoms with Gasteiger partial charge in [0.15, 0.2) is 18.1 Å². The highest BCUT2D eigenvalue weighted by Crippen LogP contribution is 2.40. The molecule has 0 heterocycles. The van der Waals surface area contributed by atoms with Crippen molar-refractivity contribution in [2.24, 2.45) is 5.10 Å². The molecule has 2 aromatic carbocycles. The van der Waals surface area contributed by atoms with E-state index in [1.54, 1.807) is 18.3 Å². The number of nitrogens with zero attached hydrogens (tertiary/aromatic N) is 1. The Morgan fingerprint density at radius 1 is 1.06 bits per heavy atom. The number of phenols is 1. The summed E-state index contributed by atoms with van der Waals surface area (Å²) in [6.07, 6.45) is 1.57. The summed E-state index contributed by atoms with van der Waals surface area (Å²) in [7, 11) is 1.53. The van der Waals surface area contributed by atoms with Crippen molar-refractivity contribution in [1.82, 2.24) is 5.43 Å². The molecule has 6 nitrogen and oxygen atoms in total. The molecule has 2 rings (SSSR count). The molecule has 0 aliphatic heterocycles. The standard InChI is InChI=1S/C24H30Br2N2O4/c1-23(2,3)16-8-14(9-17(21(16)30)24(4,5)6)12-27-28-20(29)13-32-22-18(26)10-15(25)11-19(22)31-7/h8-12,30H,13H2,1-7H3,(H,28,29). The number of aromatic hydroxyl groups is 1. The van der Waals surface area contributed by atoms with Crippen molar-refractivity contribution in [2.75, 3.05) is 13.7 Å². The van der Waals surface area contributed by atoms with E-state index in [1.807, 2.05) is 53.7 Å². The monoisotopic (exact) mass is 568 g/mol. The third kappa shape index (κ3) is 6.72. The lowest BCUT2D eigenvalue weighted by Crippen LogP contribution is -2.25. The molecule has 0 spiro atoms. The average molecular weight is 570 g/mol. The zero-order valence-electron chi connectivity index (χ0n) is 19.5. The summed E-state index contributed by atoms with van der Waals surface area (Å²) < 4.78 is 12.4. The van der Waals surface area contributed by atoms with Crippen LogP contribution in [0, 0.1) is 0 Å². The van der Waals surface area contributed by atoms with Gasteiger partial charge in [0, 0.05) is 15.6 Å². The number of nitrogens with one attached hydrogen (secondary N) is 1. The molecule has 2 N–H and O–H groups in total. The normalized spacial score (nSPS) is 12.2. The van der Waals surface area contributed by atoms with Crippen LogP contribution in [0.15, 0.2) is 38.3 Å². The molecule has 0 aromatic heterocycles. The van der Waals surface area contributed by atoms with E-state index < -0.39 is 5.91 Å². The molecule has 1 amide bonds. The van der Waals surface area contributed by atoms with E-state index in [0.717, 1.165) is 21.2 Å². The van der Waals surface area contributed by atoms with E-state index in [1.165, 1.54) is 7.11 Å². The SMILES string of the molecule is COc1cc(Br)cc(Br)c1OCC(=O)NN=Cc1cc(C(C)(C)C)c(O)c(C(C)(C)C)c1. The minimum atomic E-state index is -0.413. The Kier molecular flexibility index (Phi) is 8.39. The van der Waals surface area contributed by atoms with Crippen LogP contribution in [-0.2, 0) is 15.6 Å². The van der Waals surface area contributed by atoms with Crippen molar-refractivity contribution >= 4 is 44.0 Å². The van der Waals surface area contributed by atoms with Gasteiger partial charge in [-0.1, -0.05) is 57.5 Å². The summed E-state index contributed by atoms with van der Waals surface area (Å²) in [6.45, 7) is 12.0. The summed E-state index contributed by atoms with van der Waals surface area (Å²) in [5, 5.41) is 14.9. The molecule has 32 heavy (non-hydrogen) atoms. The first-order valence-electron chi connectivity index (χ1n) is 10.1. The van der Waals surface area contributed by atoms with Crippen LogP contribution in [0.25, 0.3) is 0 Å². The molecular formula is C24H30Br2N2O4. The Labute approximate surface area is 206 Å². The number of rotatable bonds is 6. The zero-order valence-corrected chi connectivity index (χ0v) is 22.6. The van der Waals surface area contributed by atoms with Crippen LogP contribution in [0.5, 0.6) is 17.2 Å². The number of benzene rings is 2. The van der Waals surface area contributed by atoms with E-state index in [4.69, 9.17) is 9.47 Å². The van der Waals surface area contributed by atoms with Crippen LogP contribution < -0.4 is 14.9 Å². The summed E-state index contributed by atoms with van der Waals surface area (Å²) >= 11 is 6.79. The van der Waals surface area contributed by atoms with Gasteiger partial charge >= 0.3 is 0 Å². The number of ether oxygens (including phenoxy) is 2. The fourth-order valence-electron chi connectivity index (χ4n) is 3.05. The van der Waals surface area contributed by atoms with Gasteiger partial charge in [0.25, 0.3) is 5.91 Å². The first kappa shape index (κ1) is 26.2. The third-order valence-electron chi connectivity index (χ3n) is 4.69. The highest BCUT2D eigenvalue weighted by molar-refractivity contribution is 9.11. The number of carbonyl (C=O) groups excluding carboxylic acids is 1. The van der Waals surface area contributed by atoms with Gasteiger partial charge in [0.1, 0.15) is 5.75 Å². The molecular weight excluding hydrogens is 540 g/mol. The van der Waals surface area contributed by atoms with Crippen molar-refractivity contribution in [2.45, 2.75) is 52.4 Å². The second kappa shape index (κ2) is 10.3. The molecule has 174 valence electrons. The van der Waals surface area contributed by atoms with Gasteiger partial charge in [0.05, 0.1) is 17.8 Å². The largest absolute Gasteiger partial charge is 0.507 e. The van der Waals surface area contributed by atoms with Crippen LogP contribution in [-0.4, -0.2) is 30.9 Å². The lowest BCUT2D eigenvalue weighted by atomic mass is 9.78. The summed E-state index contributed by atoms with van der Waals surface area (Å²) in [6, 6.07) is 7.33. The van der Waals surface area contributed by atoms with E-state index >= 15 is 0 Å². The van der Waals surface area contributed by atoms with Gasteiger partial charge in [0.2, 0.25) is 0 Å². The van der Waals surface area contributed by atoms with E-state index in [0.29, 0.717) is 21.7 Å². The number of amides is 1. The molecule has 0 radical (unpaired) electrons. The Morgan fingerprint density at radius 3 is 2.12 bits per heavy atom. The summed E-state index contributed by atoms with van der Waals surface area (Å²) in [4.78, 5) is 12.2. The minimum Gasteiger partial charge on any atom is -0.507 e. The Morgan fingerprint density at radius 2 is 1.62 bits per heavy atom. The molecule has 8 heteroatoms. The Hall–Kier alpha value is -2.06. The van der Waals surface area contributed by atoms with Gasteiger partial charge in [-0.3, -0.25) is 4.79 Å². The Balaban J connectivity index is 2.15. The number of hydrogen-bond donors (Lipinski definition) is 2. The maximum Gasteiger partial charge on any atom is 0.277 e. The quantitative estimate of drug-likeness (QED) is 0.328. The van der Waals surface area contributed by atoms with Crippen LogP contribution in [0.3, 0.4) is 0 Å². The molecule has 2 aromatic rings. The smallest absolute Gasteiger partial charge is 0.277 e. The van der Waals surface area contributed by atoms with Crippen molar-refractivity contribution < 1.29 is 19.4 Å². The van der Waals surface area contributed by atoms with E-state index in [-0.39, 0.29) is 17.4 Å². The van der Waals surface area contributed by atoms with Gasteiger partial charge in [-0.25, -0.2) is 5.43 Å². The first-order chi connectivity index (χ1) is 14.7. The van der Waals surface area contributed by atoms with Crippen LogP contribution >= 0.6 is 31.9 Å². The second-order valence-electron chi connectivity index (χ2n) is 9.47. The highest BCUT2D eigenvalue weighted by atomic mass is 79.9. The van der Waals surface area contributed by atoms with Gasteiger partial charge in [-0.2, -0.15) is 5.10 Å². The summed E-state index contributed by atoms with van der Waals surface area (Å²) in [5.74, 6) is 0.812. The molecule has 0 aliphatic rings. The molecule has 0 saturated carbocycles. The fraction of sp³-hybridized carbons (Fsp3) is 0.417. The summed E-state index contributed by atoms with van der Waals surface area (Å²) in [5.41, 5.74) is 4.42. The van der Waals surface area contributed by atoms with Gasteiger partial charge < -0.3 is 14.6 Å². The number of phenolic OH excluding ortho intramolecular Hbond substituents is 1. The number of hydrazone groups is 1. The minimum absolute atomic E-state index is 0.232. The topological polar surface area (TPSA) is 80.2 Å². The maximum atomic E-state index is 12.2. The van der Waals surface area contributed by atoms with E-state index in [9.17, 15) is 9.90 Å². The van der Waals surface area contributed by atoms with Gasteiger partial charge in [-0.05, 0) is 56.6 Å². The zero-order chi connectivity index (χ0) is 24.3. The molecule has 0 fully saturated rings. The lowest BCUT2D eigenvalue weighted by molar-refractivity contribution is -0.123. The van der Waals surface area contributed by atoms with Crippen LogP contribution in [0.1, 0.15) is 58.2 Å². The predicted octanol–water partition coefficient (Wildman–Crippen LogP) is 6.05. The molecule has 0 atom stereocenters. The van der Waals surface area contributed by atoms with Crippen molar-refractivity contribution in [3.63, 3.8) is 0 Å². The molecule has 0 aliphatic carbocycles. The van der Waals surface area contributed by atoms with Crippen molar-refractivity contribution in [1.29, 1.82) is 0 Å². The van der Waals surface area contributed by atoms with Crippen LogP contribution in [0.4, 0.5) is 0 Å². The first-order valence-corrected chi connectivity index (χ1v) is 11.7. The number of halogens is 2. The van der Waals surface area contributed by atoms with Gasteiger partial charge in [-0.15, -0.1) is 0 Å². The number of methoxy groups -OCH3 is 1. The van der Waals surface area contributed by atoms with Crippen LogP contribution in [0.2, 0.25) is 0 Å². The second-order valence-corrected chi connectivity index (χ2v) is 11.2. The van der Waals surface area contributed by atoms with Crippen molar-refractivity contribution in [3.8, 4) is 17.2 Å². The number of hydrogen-bond acceptors (Lipinski definition) is 5. The van der Waals surface area contributed by atoms with E-state index in [2.05, 4.69) is 42.4 Å². The number of carbonyl (C=O) groups is 1. The molecule has 0 unspecified atom stereocenters. The maximum absolute atomic E-state index is 12.2. The highest BCUT2D eigenvalue weighted by Gasteiger charge is 2.26. The fourth-order valence-corrected chi connectivity index (χ4v) is 4.35. The Bertz CT molecular complexity index is 987. The predicted molar refractivity (Wildman–Crippen MR) is 135 cm³/mol.